The van der Waals surface area contributed by atoms with Gasteiger partial charge in [-0.25, -0.2) is 14.6 Å². The van der Waals surface area contributed by atoms with Crippen LogP contribution in [0.1, 0.15) is 43.7 Å². The van der Waals surface area contributed by atoms with Gasteiger partial charge in [-0.1, -0.05) is 54.2 Å². The minimum Gasteiger partial charge on any atom is -0.396 e. The summed E-state index contributed by atoms with van der Waals surface area (Å²) in [5.74, 6) is 1.67. The molecule has 2 aliphatic rings. The molecule has 2 unspecified atom stereocenters. The van der Waals surface area contributed by atoms with Crippen molar-refractivity contribution in [1.82, 2.24) is 25.0 Å². The van der Waals surface area contributed by atoms with E-state index in [0.29, 0.717) is 34.7 Å². The lowest BCUT2D eigenvalue weighted by atomic mass is 10.1. The number of aliphatic hydroxyl groups is 3. The molecule has 3 N–H and O–H groups in total. The van der Waals surface area contributed by atoms with Gasteiger partial charge in [-0.05, 0) is 24.8 Å². The topological polar surface area (TPSA) is 120 Å². The van der Waals surface area contributed by atoms with E-state index in [1.54, 1.807) is 16.4 Å². The summed E-state index contributed by atoms with van der Waals surface area (Å²) in [6.07, 6.45) is 0.404. The molecule has 2 saturated carbocycles. The molecule has 0 spiro atoms. The molecule has 2 heterocycles. The maximum Gasteiger partial charge on any atom is 0.191 e. The molecular formula is C23H30N6O3S. The van der Waals surface area contributed by atoms with Gasteiger partial charge in [0.15, 0.2) is 22.1 Å². The first-order valence-electron chi connectivity index (χ1n) is 11.5. The first-order chi connectivity index (χ1) is 16.0. The fourth-order valence-electron chi connectivity index (χ4n) is 4.87. The van der Waals surface area contributed by atoms with E-state index in [1.165, 1.54) is 5.56 Å². The number of anilines is 1. The Morgan fingerprint density at radius 2 is 1.91 bits per heavy atom. The highest BCUT2D eigenvalue weighted by molar-refractivity contribution is 7.99. The lowest BCUT2D eigenvalue weighted by Crippen LogP contribution is -2.31. The summed E-state index contributed by atoms with van der Waals surface area (Å²) in [5.41, 5.74) is 2.46. The van der Waals surface area contributed by atoms with Gasteiger partial charge >= 0.3 is 0 Å². The highest BCUT2D eigenvalue weighted by atomic mass is 32.2. The minimum absolute atomic E-state index is 0.190. The third kappa shape index (κ3) is 4.09. The van der Waals surface area contributed by atoms with E-state index in [1.807, 2.05) is 13.1 Å². The third-order valence-electron chi connectivity index (χ3n) is 6.86. The molecule has 0 aliphatic heterocycles. The number of nitrogens with zero attached hydrogens (tertiary/aromatic N) is 6. The van der Waals surface area contributed by atoms with Crippen LogP contribution in [0.15, 0.2) is 35.5 Å². The quantitative estimate of drug-likeness (QED) is 0.335. The summed E-state index contributed by atoms with van der Waals surface area (Å²) >= 11 is 1.59. The van der Waals surface area contributed by atoms with Crippen molar-refractivity contribution >= 4 is 28.7 Å². The molecule has 0 bridgehead atoms. The zero-order valence-corrected chi connectivity index (χ0v) is 19.6. The highest BCUT2D eigenvalue weighted by Crippen LogP contribution is 2.46. The van der Waals surface area contributed by atoms with Crippen LogP contribution >= 0.6 is 11.8 Å². The number of aromatic nitrogens is 5. The maximum atomic E-state index is 10.6. The summed E-state index contributed by atoms with van der Waals surface area (Å²) in [4.78, 5) is 11.8. The minimum atomic E-state index is -1.04. The Labute approximate surface area is 196 Å². The molecule has 176 valence electrons. The molecule has 5 rings (SSSR count). The summed E-state index contributed by atoms with van der Waals surface area (Å²) in [6, 6.07) is 10.3. The van der Waals surface area contributed by atoms with Crippen LogP contribution in [0, 0.1) is 5.92 Å². The Hall–Kier alpha value is -2.27. The van der Waals surface area contributed by atoms with E-state index in [-0.39, 0.29) is 6.61 Å². The molecule has 2 aliphatic carbocycles. The van der Waals surface area contributed by atoms with Crippen LogP contribution in [0.25, 0.3) is 11.2 Å². The van der Waals surface area contributed by atoms with Crippen LogP contribution in [-0.2, 0) is 0 Å². The summed E-state index contributed by atoms with van der Waals surface area (Å²) < 4.78 is 1.61. The molecule has 2 aromatic heterocycles. The fourth-order valence-corrected chi connectivity index (χ4v) is 5.56. The standard InChI is InChI=1S/C23H30N6O3S/c1-3-9-33-23-24-21(28(2)16-11-15(16)13-7-5-4-6-8-13)18-22(25-23)29(27-26-18)17-10-14(12-30)19(31)20(17)32/h4-8,14-17,19-20,30-32H,3,9-12H2,1-2H3/t14-,15?,16?,17-,19-,20+/m1/s1. The average Bonchev–Trinajstić information content (AvgIpc) is 3.46. The smallest absolute Gasteiger partial charge is 0.191 e. The number of hydrogen-bond acceptors (Lipinski definition) is 9. The Kier molecular flexibility index (Phi) is 6.26. The number of fused-ring (bicyclic) bond motifs is 1. The SMILES string of the molecule is CCCSc1nc(N(C)C2CC2c2ccccc2)c2nnn([C@@H]3C[C@H](CO)[C@@H](O)[C@H]3O)c2n1. The van der Waals surface area contributed by atoms with Crippen molar-refractivity contribution in [2.45, 2.75) is 61.6 Å². The van der Waals surface area contributed by atoms with Gasteiger partial charge < -0.3 is 20.2 Å². The zero-order chi connectivity index (χ0) is 23.1. The van der Waals surface area contributed by atoms with Crippen LogP contribution < -0.4 is 4.90 Å². The van der Waals surface area contributed by atoms with E-state index < -0.39 is 24.2 Å². The van der Waals surface area contributed by atoms with Crippen LogP contribution in [0.5, 0.6) is 0 Å². The summed E-state index contributed by atoms with van der Waals surface area (Å²) in [5, 5.41) is 39.9. The second-order valence-corrected chi connectivity index (χ2v) is 10.1. The maximum absolute atomic E-state index is 10.6. The van der Waals surface area contributed by atoms with E-state index in [0.717, 1.165) is 24.4 Å². The number of aliphatic hydroxyl groups excluding tert-OH is 3. The lowest BCUT2D eigenvalue weighted by molar-refractivity contribution is -0.00512. The molecule has 6 atom stereocenters. The normalized spacial score (nSPS) is 29.0. The summed E-state index contributed by atoms with van der Waals surface area (Å²) in [6.45, 7) is 1.93. The summed E-state index contributed by atoms with van der Waals surface area (Å²) in [7, 11) is 2.04. The first kappa shape index (κ1) is 22.5. The number of benzene rings is 1. The second kappa shape index (κ2) is 9.17. The Bertz CT molecular complexity index is 1110. The van der Waals surface area contributed by atoms with Crippen molar-refractivity contribution in [2.24, 2.45) is 5.92 Å². The molecule has 1 aromatic carbocycles. The largest absolute Gasteiger partial charge is 0.396 e. The zero-order valence-electron chi connectivity index (χ0n) is 18.8. The molecule has 10 heteroatoms. The van der Waals surface area contributed by atoms with E-state index in [9.17, 15) is 15.3 Å². The van der Waals surface area contributed by atoms with Gasteiger partial charge in [0.2, 0.25) is 0 Å². The number of likely N-dealkylation sites (N-methyl/N-ethyl adjacent to an activating group) is 1. The predicted molar refractivity (Wildman–Crippen MR) is 126 cm³/mol. The Morgan fingerprint density at radius 3 is 2.61 bits per heavy atom. The predicted octanol–water partition coefficient (Wildman–Crippen LogP) is 1.99. The van der Waals surface area contributed by atoms with E-state index >= 15 is 0 Å². The van der Waals surface area contributed by atoms with Crippen molar-refractivity contribution < 1.29 is 15.3 Å². The van der Waals surface area contributed by atoms with Crippen LogP contribution in [0.3, 0.4) is 0 Å². The average molecular weight is 471 g/mol. The van der Waals surface area contributed by atoms with Crippen LogP contribution in [-0.4, -0.2) is 77.9 Å². The molecule has 33 heavy (non-hydrogen) atoms. The Balaban J connectivity index is 1.51. The van der Waals surface area contributed by atoms with Crippen molar-refractivity contribution in [1.29, 1.82) is 0 Å². The van der Waals surface area contributed by atoms with Gasteiger partial charge in [0.05, 0.1) is 12.1 Å². The van der Waals surface area contributed by atoms with Crippen molar-refractivity contribution in [3.63, 3.8) is 0 Å². The Morgan fingerprint density at radius 1 is 1.12 bits per heavy atom. The third-order valence-corrected chi connectivity index (χ3v) is 7.91. The molecule has 0 saturated heterocycles. The van der Waals surface area contributed by atoms with Crippen molar-refractivity contribution in [3.05, 3.63) is 35.9 Å². The fraction of sp³-hybridized carbons (Fsp3) is 0.565. The molecule has 3 aromatic rings. The van der Waals surface area contributed by atoms with Gasteiger partial charge in [0, 0.05) is 37.3 Å². The van der Waals surface area contributed by atoms with Gasteiger partial charge in [-0.3, -0.25) is 0 Å². The molecule has 0 amide bonds. The lowest BCUT2D eigenvalue weighted by Gasteiger charge is -2.20. The number of hydrogen-bond donors (Lipinski definition) is 3. The van der Waals surface area contributed by atoms with Crippen molar-refractivity contribution in [3.8, 4) is 0 Å². The first-order valence-corrected chi connectivity index (χ1v) is 12.5. The van der Waals surface area contributed by atoms with Gasteiger partial charge in [0.25, 0.3) is 0 Å². The molecule has 0 radical (unpaired) electrons. The van der Waals surface area contributed by atoms with E-state index in [4.69, 9.17) is 9.97 Å². The number of thioether (sulfide) groups is 1. The van der Waals surface area contributed by atoms with Crippen molar-refractivity contribution in [2.75, 3.05) is 24.3 Å². The van der Waals surface area contributed by atoms with Gasteiger partial charge in [0.1, 0.15) is 6.10 Å². The molecule has 2 fully saturated rings. The second-order valence-electron chi connectivity index (χ2n) is 9.04. The van der Waals surface area contributed by atoms with Gasteiger partial charge in [-0.2, -0.15) is 0 Å². The van der Waals surface area contributed by atoms with E-state index in [2.05, 4.69) is 46.4 Å². The monoisotopic (exact) mass is 470 g/mol. The molecule has 9 nitrogen and oxygen atoms in total. The van der Waals surface area contributed by atoms with Crippen LogP contribution in [0.4, 0.5) is 5.82 Å². The van der Waals surface area contributed by atoms with Gasteiger partial charge in [-0.15, -0.1) is 5.10 Å². The molecular weight excluding hydrogens is 440 g/mol. The highest BCUT2D eigenvalue weighted by Gasteiger charge is 2.45. The number of rotatable bonds is 8. The van der Waals surface area contributed by atoms with Crippen LogP contribution in [0.2, 0.25) is 0 Å².